The highest BCUT2D eigenvalue weighted by molar-refractivity contribution is 14.1. The Bertz CT molecular complexity index is 523. The van der Waals surface area contributed by atoms with Gasteiger partial charge >= 0.3 is 0 Å². The average Bonchev–Trinajstić information content (AvgIpc) is 2.42. The van der Waals surface area contributed by atoms with Gasteiger partial charge in [-0.3, -0.25) is 0 Å². The van der Waals surface area contributed by atoms with Crippen molar-refractivity contribution in [2.45, 2.75) is 19.1 Å². The van der Waals surface area contributed by atoms with E-state index in [-0.39, 0.29) is 0 Å². The standard InChI is InChI=1S/C16H17IO2/c1-19-11-13-3-2-4-14(9-13)16(18)10-12-5-7-15(17)8-6-12/h2-9,16,18H,10-11H2,1H3. The van der Waals surface area contributed by atoms with Crippen LogP contribution in [0.3, 0.4) is 0 Å². The van der Waals surface area contributed by atoms with Crippen LogP contribution in [-0.4, -0.2) is 12.2 Å². The summed E-state index contributed by atoms with van der Waals surface area (Å²) in [5.41, 5.74) is 3.17. The Hall–Kier alpha value is -0.910. The molecule has 1 unspecified atom stereocenters. The largest absolute Gasteiger partial charge is 0.388 e. The fourth-order valence-corrected chi connectivity index (χ4v) is 2.38. The van der Waals surface area contributed by atoms with Gasteiger partial charge in [0.05, 0.1) is 12.7 Å². The van der Waals surface area contributed by atoms with Crippen molar-refractivity contribution < 1.29 is 9.84 Å². The molecule has 0 aliphatic heterocycles. The Labute approximate surface area is 127 Å². The number of rotatable bonds is 5. The lowest BCUT2D eigenvalue weighted by molar-refractivity contribution is 0.175. The zero-order chi connectivity index (χ0) is 13.7. The predicted octanol–water partition coefficient (Wildman–Crippen LogP) is 3.71. The molecule has 0 saturated carbocycles. The van der Waals surface area contributed by atoms with Gasteiger partial charge in [0.1, 0.15) is 0 Å². The lowest BCUT2D eigenvalue weighted by Gasteiger charge is -2.12. The first-order valence-corrected chi connectivity index (χ1v) is 7.27. The molecule has 0 spiro atoms. The quantitative estimate of drug-likeness (QED) is 0.816. The molecule has 0 aliphatic rings. The molecule has 0 aromatic heterocycles. The van der Waals surface area contributed by atoms with Crippen LogP contribution in [-0.2, 0) is 17.8 Å². The molecule has 0 amide bonds. The van der Waals surface area contributed by atoms with E-state index in [0.717, 1.165) is 16.7 Å². The highest BCUT2D eigenvalue weighted by Gasteiger charge is 2.09. The molecule has 0 bridgehead atoms. The van der Waals surface area contributed by atoms with E-state index < -0.39 is 6.10 Å². The van der Waals surface area contributed by atoms with Crippen molar-refractivity contribution >= 4 is 22.6 Å². The number of aliphatic hydroxyl groups excluding tert-OH is 1. The summed E-state index contributed by atoms with van der Waals surface area (Å²) in [4.78, 5) is 0. The van der Waals surface area contributed by atoms with Crippen LogP contribution in [0.2, 0.25) is 0 Å². The molecule has 0 saturated heterocycles. The van der Waals surface area contributed by atoms with E-state index in [1.807, 2.05) is 24.3 Å². The van der Waals surface area contributed by atoms with Crippen molar-refractivity contribution in [2.24, 2.45) is 0 Å². The summed E-state index contributed by atoms with van der Waals surface area (Å²) in [6, 6.07) is 16.2. The van der Waals surface area contributed by atoms with Crippen LogP contribution in [0.5, 0.6) is 0 Å². The summed E-state index contributed by atoms with van der Waals surface area (Å²) < 4.78 is 6.32. The predicted molar refractivity (Wildman–Crippen MR) is 85.0 cm³/mol. The SMILES string of the molecule is COCc1cccc(C(O)Cc2ccc(I)cc2)c1. The fraction of sp³-hybridized carbons (Fsp3) is 0.250. The maximum atomic E-state index is 10.3. The smallest absolute Gasteiger partial charge is 0.0830 e. The van der Waals surface area contributed by atoms with Crippen LogP contribution in [0, 0.1) is 3.57 Å². The minimum Gasteiger partial charge on any atom is -0.388 e. The second kappa shape index (κ2) is 7.03. The highest BCUT2D eigenvalue weighted by atomic mass is 127. The van der Waals surface area contributed by atoms with Crippen LogP contribution in [0.15, 0.2) is 48.5 Å². The third-order valence-electron chi connectivity index (χ3n) is 2.99. The van der Waals surface area contributed by atoms with Crippen LogP contribution < -0.4 is 0 Å². The monoisotopic (exact) mass is 368 g/mol. The summed E-state index contributed by atoms with van der Waals surface area (Å²) in [5.74, 6) is 0. The van der Waals surface area contributed by atoms with E-state index in [9.17, 15) is 5.11 Å². The van der Waals surface area contributed by atoms with Crippen LogP contribution in [0.4, 0.5) is 0 Å². The molecule has 0 fully saturated rings. The molecule has 19 heavy (non-hydrogen) atoms. The zero-order valence-electron chi connectivity index (χ0n) is 10.8. The van der Waals surface area contributed by atoms with E-state index in [1.54, 1.807) is 7.11 Å². The van der Waals surface area contributed by atoms with Gasteiger partial charge < -0.3 is 9.84 Å². The average molecular weight is 368 g/mol. The second-order valence-electron chi connectivity index (χ2n) is 4.52. The van der Waals surface area contributed by atoms with Crippen LogP contribution in [0.1, 0.15) is 22.8 Å². The van der Waals surface area contributed by atoms with Gasteiger partial charge in [-0.15, -0.1) is 0 Å². The van der Waals surface area contributed by atoms with Crippen molar-refractivity contribution in [1.29, 1.82) is 0 Å². The van der Waals surface area contributed by atoms with Crippen molar-refractivity contribution in [1.82, 2.24) is 0 Å². The number of hydrogen-bond acceptors (Lipinski definition) is 2. The Morgan fingerprint density at radius 3 is 2.53 bits per heavy atom. The van der Waals surface area contributed by atoms with Crippen LogP contribution in [0.25, 0.3) is 0 Å². The number of halogens is 1. The number of aliphatic hydroxyl groups is 1. The third-order valence-corrected chi connectivity index (χ3v) is 3.71. The molecule has 2 rings (SSSR count). The van der Waals surface area contributed by atoms with Gasteiger partial charge in [-0.25, -0.2) is 0 Å². The lowest BCUT2D eigenvalue weighted by Crippen LogP contribution is -2.02. The maximum absolute atomic E-state index is 10.3. The molecule has 0 aliphatic carbocycles. The first-order chi connectivity index (χ1) is 9.19. The minimum absolute atomic E-state index is 0.475. The van der Waals surface area contributed by atoms with E-state index in [2.05, 4.69) is 46.9 Å². The zero-order valence-corrected chi connectivity index (χ0v) is 13.0. The maximum Gasteiger partial charge on any atom is 0.0830 e. The van der Waals surface area contributed by atoms with Gasteiger partial charge in [-0.2, -0.15) is 0 Å². The number of methoxy groups -OCH3 is 1. The van der Waals surface area contributed by atoms with Crippen molar-refractivity contribution in [2.75, 3.05) is 7.11 Å². The molecule has 1 N–H and O–H groups in total. The number of hydrogen-bond donors (Lipinski definition) is 1. The summed E-state index contributed by atoms with van der Waals surface area (Å²) >= 11 is 2.28. The fourth-order valence-electron chi connectivity index (χ4n) is 2.02. The highest BCUT2D eigenvalue weighted by Crippen LogP contribution is 2.20. The molecule has 2 aromatic rings. The molecular formula is C16H17IO2. The lowest BCUT2D eigenvalue weighted by atomic mass is 10.00. The summed E-state index contributed by atoms with van der Waals surface area (Å²) in [6.45, 7) is 0.574. The van der Waals surface area contributed by atoms with E-state index >= 15 is 0 Å². The Balaban J connectivity index is 2.08. The van der Waals surface area contributed by atoms with Crippen molar-refractivity contribution in [3.05, 3.63) is 68.8 Å². The molecule has 3 heteroatoms. The van der Waals surface area contributed by atoms with Gasteiger partial charge in [0.25, 0.3) is 0 Å². The molecule has 2 aromatic carbocycles. The molecular weight excluding hydrogens is 351 g/mol. The molecule has 1 atom stereocenters. The van der Waals surface area contributed by atoms with E-state index in [1.165, 1.54) is 3.57 Å². The molecule has 100 valence electrons. The normalized spacial score (nSPS) is 12.4. The van der Waals surface area contributed by atoms with Crippen molar-refractivity contribution in [3.8, 4) is 0 Å². The third kappa shape index (κ3) is 4.30. The van der Waals surface area contributed by atoms with Gasteiger partial charge in [-0.05, 0) is 51.4 Å². The minimum atomic E-state index is -0.475. The second-order valence-corrected chi connectivity index (χ2v) is 5.77. The Morgan fingerprint density at radius 2 is 1.84 bits per heavy atom. The van der Waals surface area contributed by atoms with Crippen molar-refractivity contribution in [3.63, 3.8) is 0 Å². The summed E-state index contributed by atoms with van der Waals surface area (Å²) in [7, 11) is 1.68. The molecule has 2 nitrogen and oxygen atoms in total. The van der Waals surface area contributed by atoms with Gasteiger partial charge in [-0.1, -0.05) is 36.4 Å². The Morgan fingerprint density at radius 1 is 1.11 bits per heavy atom. The van der Waals surface area contributed by atoms with Gasteiger partial charge in [0, 0.05) is 17.1 Å². The van der Waals surface area contributed by atoms with Gasteiger partial charge in [0.2, 0.25) is 0 Å². The summed E-state index contributed by atoms with van der Waals surface area (Å²) in [6.07, 6.45) is 0.157. The first-order valence-electron chi connectivity index (χ1n) is 6.19. The van der Waals surface area contributed by atoms with Crippen LogP contribution >= 0.6 is 22.6 Å². The van der Waals surface area contributed by atoms with E-state index in [4.69, 9.17) is 4.74 Å². The number of ether oxygens (including phenoxy) is 1. The number of benzene rings is 2. The molecule has 0 heterocycles. The first kappa shape index (κ1) is 14.5. The topological polar surface area (TPSA) is 29.5 Å². The van der Waals surface area contributed by atoms with Gasteiger partial charge in [0.15, 0.2) is 0 Å². The molecule has 0 radical (unpaired) electrons. The van der Waals surface area contributed by atoms with E-state index in [0.29, 0.717) is 13.0 Å². The summed E-state index contributed by atoms with van der Waals surface area (Å²) in [5, 5.41) is 10.3. The Kier molecular flexibility index (Phi) is 5.36.